The molecule has 0 bridgehead atoms. The highest BCUT2D eigenvalue weighted by molar-refractivity contribution is 6.43. The zero-order chi connectivity index (χ0) is 13.9. The third-order valence-corrected chi connectivity index (χ3v) is 3.08. The van der Waals surface area contributed by atoms with Crippen LogP contribution in [0.25, 0.3) is 0 Å². The second kappa shape index (κ2) is 6.22. The van der Waals surface area contributed by atoms with Gasteiger partial charge < -0.3 is 15.6 Å². The predicted octanol–water partition coefficient (Wildman–Crippen LogP) is 2.60. The summed E-state index contributed by atoms with van der Waals surface area (Å²) in [5.74, 6) is -1.53. The fourth-order valence-corrected chi connectivity index (χ4v) is 1.67. The molecule has 3 N–H and O–H groups in total. The Morgan fingerprint density at radius 3 is 2.72 bits per heavy atom. The predicted molar refractivity (Wildman–Crippen MR) is 66.6 cm³/mol. The summed E-state index contributed by atoms with van der Waals surface area (Å²) in [7, 11) is 0. The minimum atomic E-state index is -2.09. The van der Waals surface area contributed by atoms with Crippen molar-refractivity contribution in [3.63, 3.8) is 0 Å². The van der Waals surface area contributed by atoms with Crippen LogP contribution in [0.5, 0.6) is 5.75 Å². The van der Waals surface area contributed by atoms with Gasteiger partial charge in [0.15, 0.2) is 0 Å². The molecule has 7 heteroatoms. The lowest BCUT2D eigenvalue weighted by atomic mass is 10.0. The van der Waals surface area contributed by atoms with Crippen molar-refractivity contribution in [3.8, 4) is 5.75 Å². The van der Waals surface area contributed by atoms with Crippen LogP contribution < -0.4 is 5.73 Å². The third-order valence-electron chi connectivity index (χ3n) is 2.29. The number of benzene rings is 1. The van der Waals surface area contributed by atoms with Crippen LogP contribution in [-0.4, -0.2) is 23.9 Å². The SMILES string of the molecule is CCOC(=O)C(F)[C@@H](N)c1ccc(Cl)c(Cl)c1O. The van der Waals surface area contributed by atoms with Gasteiger partial charge in [0.1, 0.15) is 10.8 Å². The minimum Gasteiger partial charge on any atom is -0.506 e. The van der Waals surface area contributed by atoms with E-state index in [0.717, 1.165) is 0 Å². The van der Waals surface area contributed by atoms with E-state index in [4.69, 9.17) is 28.9 Å². The van der Waals surface area contributed by atoms with Crippen LogP contribution >= 0.6 is 23.2 Å². The minimum absolute atomic E-state index is 0.00930. The summed E-state index contributed by atoms with van der Waals surface area (Å²) in [6.45, 7) is 1.59. The number of aromatic hydroxyl groups is 1. The molecule has 0 aliphatic heterocycles. The molecule has 0 aliphatic carbocycles. The third kappa shape index (κ3) is 3.04. The van der Waals surface area contributed by atoms with E-state index in [1.807, 2.05) is 0 Å². The van der Waals surface area contributed by atoms with Gasteiger partial charge in [0, 0.05) is 5.56 Å². The first-order valence-corrected chi connectivity index (χ1v) is 5.88. The molecule has 1 aromatic rings. The van der Waals surface area contributed by atoms with Gasteiger partial charge in [-0.25, -0.2) is 9.18 Å². The van der Waals surface area contributed by atoms with E-state index in [2.05, 4.69) is 4.74 Å². The number of alkyl halides is 1. The standard InChI is InChI=1S/C11H12Cl2FNO3/c1-2-18-11(17)8(14)9(15)5-3-4-6(12)7(13)10(5)16/h3-4,8-9,16H,2,15H2,1H3/t8?,9-/m0/s1. The van der Waals surface area contributed by atoms with E-state index in [1.54, 1.807) is 6.92 Å². The van der Waals surface area contributed by atoms with Crippen LogP contribution in [0.2, 0.25) is 10.0 Å². The lowest BCUT2D eigenvalue weighted by Gasteiger charge is -2.17. The molecule has 18 heavy (non-hydrogen) atoms. The summed E-state index contributed by atoms with van der Waals surface area (Å²) >= 11 is 11.4. The monoisotopic (exact) mass is 295 g/mol. The average molecular weight is 296 g/mol. The maximum Gasteiger partial charge on any atom is 0.342 e. The van der Waals surface area contributed by atoms with Crippen molar-refractivity contribution in [1.82, 2.24) is 0 Å². The van der Waals surface area contributed by atoms with Crippen molar-refractivity contribution in [1.29, 1.82) is 0 Å². The lowest BCUT2D eigenvalue weighted by Crippen LogP contribution is -2.31. The van der Waals surface area contributed by atoms with E-state index in [0.29, 0.717) is 0 Å². The summed E-state index contributed by atoms with van der Waals surface area (Å²) in [6, 6.07) is 1.29. The van der Waals surface area contributed by atoms with Gasteiger partial charge in [-0.15, -0.1) is 0 Å². The van der Waals surface area contributed by atoms with Gasteiger partial charge in [-0.1, -0.05) is 29.3 Å². The number of esters is 1. The van der Waals surface area contributed by atoms with Crippen LogP contribution in [0.3, 0.4) is 0 Å². The average Bonchev–Trinajstić information content (AvgIpc) is 2.35. The molecule has 0 radical (unpaired) electrons. The van der Waals surface area contributed by atoms with E-state index < -0.39 is 23.9 Å². The fourth-order valence-electron chi connectivity index (χ4n) is 1.35. The molecule has 1 rings (SSSR count). The Hall–Kier alpha value is -1.04. The van der Waals surface area contributed by atoms with Crippen molar-refractivity contribution >= 4 is 29.2 Å². The Labute approximate surface area is 113 Å². The molecule has 2 atom stereocenters. The highest BCUT2D eigenvalue weighted by Crippen LogP contribution is 2.37. The van der Waals surface area contributed by atoms with Crippen LogP contribution in [0.15, 0.2) is 12.1 Å². The fraction of sp³-hybridized carbons (Fsp3) is 0.364. The molecule has 0 aliphatic rings. The first-order valence-electron chi connectivity index (χ1n) is 5.13. The number of nitrogens with two attached hydrogens (primary N) is 1. The van der Waals surface area contributed by atoms with Gasteiger partial charge in [-0.2, -0.15) is 0 Å². The Kier molecular flexibility index (Phi) is 5.19. The van der Waals surface area contributed by atoms with Crippen LogP contribution in [-0.2, 0) is 9.53 Å². The number of halogens is 3. The van der Waals surface area contributed by atoms with Gasteiger partial charge in [0.25, 0.3) is 0 Å². The maximum atomic E-state index is 13.7. The molecular formula is C11H12Cl2FNO3. The van der Waals surface area contributed by atoms with Gasteiger partial charge >= 0.3 is 5.97 Å². The molecule has 0 fully saturated rings. The number of phenols is 1. The molecule has 0 amide bonds. The van der Waals surface area contributed by atoms with Gasteiger partial charge in [-0.3, -0.25) is 0 Å². The highest BCUT2D eigenvalue weighted by Gasteiger charge is 2.30. The van der Waals surface area contributed by atoms with Gasteiger partial charge in [0.05, 0.1) is 17.7 Å². The summed E-state index contributed by atoms with van der Waals surface area (Å²) < 4.78 is 18.2. The molecule has 100 valence electrons. The molecule has 0 aromatic heterocycles. The number of carbonyl (C=O) groups excluding carboxylic acids is 1. The summed E-state index contributed by atoms with van der Waals surface area (Å²) in [6.07, 6.45) is -2.09. The molecule has 1 aromatic carbocycles. The van der Waals surface area contributed by atoms with Crippen molar-refractivity contribution in [2.45, 2.75) is 19.1 Å². The first-order chi connectivity index (χ1) is 8.40. The summed E-state index contributed by atoms with van der Waals surface area (Å²) in [5, 5.41) is 9.66. The Morgan fingerprint density at radius 2 is 2.17 bits per heavy atom. The van der Waals surface area contributed by atoms with E-state index in [-0.39, 0.29) is 22.2 Å². The lowest BCUT2D eigenvalue weighted by molar-refractivity contribution is -0.149. The molecule has 4 nitrogen and oxygen atoms in total. The molecule has 0 spiro atoms. The van der Waals surface area contributed by atoms with Crippen molar-refractivity contribution in [2.75, 3.05) is 6.61 Å². The van der Waals surface area contributed by atoms with Crippen molar-refractivity contribution in [3.05, 3.63) is 27.7 Å². The Balaban J connectivity index is 3.00. The van der Waals surface area contributed by atoms with E-state index >= 15 is 0 Å². The molecular weight excluding hydrogens is 284 g/mol. The summed E-state index contributed by atoms with van der Waals surface area (Å²) in [4.78, 5) is 11.2. The van der Waals surface area contributed by atoms with E-state index in [1.165, 1.54) is 12.1 Å². The molecule has 0 heterocycles. The molecule has 0 saturated heterocycles. The van der Waals surface area contributed by atoms with E-state index in [9.17, 15) is 14.3 Å². The molecule has 1 unspecified atom stereocenters. The van der Waals surface area contributed by atoms with Crippen LogP contribution in [0.1, 0.15) is 18.5 Å². The second-order valence-electron chi connectivity index (χ2n) is 3.48. The number of phenolic OH excluding ortho intramolecular Hbond substituents is 1. The number of ether oxygens (including phenoxy) is 1. The van der Waals surface area contributed by atoms with Crippen molar-refractivity contribution < 1.29 is 19.0 Å². The normalized spacial score (nSPS) is 14.1. The Bertz CT molecular complexity index is 456. The van der Waals surface area contributed by atoms with Crippen LogP contribution in [0, 0.1) is 0 Å². The number of hydrogen-bond donors (Lipinski definition) is 2. The van der Waals surface area contributed by atoms with Gasteiger partial charge in [0.2, 0.25) is 6.17 Å². The zero-order valence-corrected chi connectivity index (χ0v) is 11.0. The topological polar surface area (TPSA) is 72.5 Å². The van der Waals surface area contributed by atoms with Gasteiger partial charge in [-0.05, 0) is 13.0 Å². The highest BCUT2D eigenvalue weighted by atomic mass is 35.5. The number of hydrogen-bond acceptors (Lipinski definition) is 4. The molecule has 0 saturated carbocycles. The van der Waals surface area contributed by atoms with Crippen molar-refractivity contribution in [2.24, 2.45) is 5.73 Å². The first kappa shape index (κ1) is 15.0. The number of carbonyl (C=O) groups is 1. The zero-order valence-electron chi connectivity index (χ0n) is 9.49. The maximum absolute atomic E-state index is 13.7. The Morgan fingerprint density at radius 1 is 1.56 bits per heavy atom. The number of rotatable bonds is 4. The quantitative estimate of drug-likeness (QED) is 0.838. The second-order valence-corrected chi connectivity index (χ2v) is 4.26. The van der Waals surface area contributed by atoms with Crippen LogP contribution in [0.4, 0.5) is 4.39 Å². The summed E-state index contributed by atoms with van der Waals surface area (Å²) in [5.41, 5.74) is 5.54. The smallest absolute Gasteiger partial charge is 0.342 e. The largest absolute Gasteiger partial charge is 0.506 e.